The van der Waals surface area contributed by atoms with Gasteiger partial charge in [0.15, 0.2) is 0 Å². The summed E-state index contributed by atoms with van der Waals surface area (Å²) in [7, 11) is 0. The SMILES string of the molecule is CCC(C)(O)CNC1CCCc2occc21. The summed E-state index contributed by atoms with van der Waals surface area (Å²) < 4.78 is 5.44. The lowest BCUT2D eigenvalue weighted by atomic mass is 9.92. The summed E-state index contributed by atoms with van der Waals surface area (Å²) in [6, 6.07) is 2.40. The van der Waals surface area contributed by atoms with E-state index in [4.69, 9.17) is 4.42 Å². The monoisotopic (exact) mass is 223 g/mol. The number of furan rings is 1. The third-order valence-corrected chi connectivity index (χ3v) is 3.54. The summed E-state index contributed by atoms with van der Waals surface area (Å²) in [5.41, 5.74) is 0.666. The van der Waals surface area contributed by atoms with Crippen molar-refractivity contribution in [3.05, 3.63) is 23.7 Å². The van der Waals surface area contributed by atoms with Crippen LogP contribution < -0.4 is 5.32 Å². The summed E-state index contributed by atoms with van der Waals surface area (Å²) >= 11 is 0. The zero-order chi connectivity index (χ0) is 11.6. The molecule has 90 valence electrons. The molecule has 3 heteroatoms. The van der Waals surface area contributed by atoms with Gasteiger partial charge in [-0.25, -0.2) is 0 Å². The highest BCUT2D eigenvalue weighted by Crippen LogP contribution is 2.30. The first-order chi connectivity index (χ1) is 7.62. The first-order valence-corrected chi connectivity index (χ1v) is 6.14. The molecule has 16 heavy (non-hydrogen) atoms. The maximum absolute atomic E-state index is 9.97. The molecule has 1 aromatic heterocycles. The van der Waals surface area contributed by atoms with Crippen LogP contribution in [0.2, 0.25) is 0 Å². The van der Waals surface area contributed by atoms with Crippen LogP contribution in [-0.4, -0.2) is 17.3 Å². The topological polar surface area (TPSA) is 45.4 Å². The summed E-state index contributed by atoms with van der Waals surface area (Å²) in [6.45, 7) is 4.52. The Kier molecular flexibility index (Phi) is 3.36. The number of aryl methyl sites for hydroxylation is 1. The quantitative estimate of drug-likeness (QED) is 0.824. The van der Waals surface area contributed by atoms with Crippen LogP contribution >= 0.6 is 0 Å². The maximum Gasteiger partial charge on any atom is 0.108 e. The Balaban J connectivity index is 1.98. The van der Waals surface area contributed by atoms with Crippen molar-refractivity contribution in [3.8, 4) is 0 Å². The van der Waals surface area contributed by atoms with Crippen LogP contribution in [0.1, 0.15) is 50.5 Å². The molecule has 0 spiro atoms. The Morgan fingerprint density at radius 3 is 3.19 bits per heavy atom. The van der Waals surface area contributed by atoms with E-state index in [1.54, 1.807) is 6.26 Å². The fourth-order valence-electron chi connectivity index (χ4n) is 2.17. The van der Waals surface area contributed by atoms with E-state index in [0.29, 0.717) is 12.6 Å². The van der Waals surface area contributed by atoms with Gasteiger partial charge in [0.05, 0.1) is 11.9 Å². The van der Waals surface area contributed by atoms with Gasteiger partial charge in [-0.15, -0.1) is 0 Å². The van der Waals surface area contributed by atoms with Gasteiger partial charge in [-0.3, -0.25) is 0 Å². The number of aliphatic hydroxyl groups is 1. The van der Waals surface area contributed by atoms with Gasteiger partial charge in [0.1, 0.15) is 5.76 Å². The van der Waals surface area contributed by atoms with E-state index in [2.05, 4.69) is 5.32 Å². The third-order valence-electron chi connectivity index (χ3n) is 3.54. The van der Waals surface area contributed by atoms with Crippen molar-refractivity contribution in [1.29, 1.82) is 0 Å². The lowest BCUT2D eigenvalue weighted by Crippen LogP contribution is -2.39. The van der Waals surface area contributed by atoms with E-state index in [9.17, 15) is 5.11 Å². The van der Waals surface area contributed by atoms with E-state index in [0.717, 1.165) is 31.4 Å². The highest BCUT2D eigenvalue weighted by atomic mass is 16.3. The van der Waals surface area contributed by atoms with Gasteiger partial charge < -0.3 is 14.8 Å². The van der Waals surface area contributed by atoms with E-state index < -0.39 is 5.60 Å². The molecular formula is C13H21NO2. The maximum atomic E-state index is 9.97. The second-order valence-electron chi connectivity index (χ2n) is 4.98. The Bertz CT molecular complexity index is 343. The van der Waals surface area contributed by atoms with Crippen LogP contribution in [-0.2, 0) is 6.42 Å². The minimum Gasteiger partial charge on any atom is -0.469 e. The van der Waals surface area contributed by atoms with E-state index in [1.165, 1.54) is 5.56 Å². The van der Waals surface area contributed by atoms with Crippen LogP contribution in [0.15, 0.2) is 16.7 Å². The fraction of sp³-hybridized carbons (Fsp3) is 0.692. The first kappa shape index (κ1) is 11.7. The van der Waals surface area contributed by atoms with Gasteiger partial charge in [0, 0.05) is 24.6 Å². The molecular weight excluding hydrogens is 202 g/mol. The summed E-state index contributed by atoms with van der Waals surface area (Å²) in [4.78, 5) is 0. The average molecular weight is 223 g/mol. The molecule has 0 fully saturated rings. The molecule has 1 aliphatic rings. The second kappa shape index (κ2) is 4.60. The molecule has 0 aromatic carbocycles. The number of fused-ring (bicyclic) bond motifs is 1. The second-order valence-corrected chi connectivity index (χ2v) is 4.98. The predicted octanol–water partition coefficient (Wildman–Crippen LogP) is 2.41. The van der Waals surface area contributed by atoms with Crippen LogP contribution in [0.5, 0.6) is 0 Å². The highest BCUT2D eigenvalue weighted by Gasteiger charge is 2.25. The number of hydrogen-bond acceptors (Lipinski definition) is 3. The summed E-state index contributed by atoms with van der Waals surface area (Å²) in [6.07, 6.45) is 5.87. The number of hydrogen-bond donors (Lipinski definition) is 2. The fourth-order valence-corrected chi connectivity index (χ4v) is 2.17. The minimum absolute atomic E-state index is 0.348. The van der Waals surface area contributed by atoms with Gasteiger partial charge >= 0.3 is 0 Å². The minimum atomic E-state index is -0.610. The van der Waals surface area contributed by atoms with Crippen LogP contribution in [0.3, 0.4) is 0 Å². The van der Waals surface area contributed by atoms with Crippen LogP contribution in [0, 0.1) is 0 Å². The molecule has 0 amide bonds. The standard InChI is InChI=1S/C13H21NO2/c1-3-13(2,15)9-14-11-5-4-6-12-10(11)7-8-16-12/h7-8,11,14-15H,3-6,9H2,1-2H3. The Hall–Kier alpha value is -0.800. The van der Waals surface area contributed by atoms with Gasteiger partial charge in [-0.05, 0) is 32.3 Å². The van der Waals surface area contributed by atoms with Gasteiger partial charge in [0.25, 0.3) is 0 Å². The smallest absolute Gasteiger partial charge is 0.108 e. The van der Waals surface area contributed by atoms with Crippen molar-refractivity contribution >= 4 is 0 Å². The molecule has 2 rings (SSSR count). The molecule has 1 aromatic rings. The molecule has 0 saturated heterocycles. The molecule has 3 nitrogen and oxygen atoms in total. The largest absolute Gasteiger partial charge is 0.469 e. The molecule has 2 unspecified atom stereocenters. The highest BCUT2D eigenvalue weighted by molar-refractivity contribution is 5.24. The zero-order valence-corrected chi connectivity index (χ0v) is 10.1. The van der Waals surface area contributed by atoms with E-state index in [1.807, 2.05) is 19.9 Å². The molecule has 2 atom stereocenters. The Morgan fingerprint density at radius 1 is 1.62 bits per heavy atom. The van der Waals surface area contributed by atoms with Crippen molar-refractivity contribution in [3.63, 3.8) is 0 Å². The molecule has 1 heterocycles. The van der Waals surface area contributed by atoms with Crippen LogP contribution in [0.25, 0.3) is 0 Å². The lowest BCUT2D eigenvalue weighted by Gasteiger charge is -2.28. The predicted molar refractivity (Wildman–Crippen MR) is 63.3 cm³/mol. The Morgan fingerprint density at radius 2 is 2.44 bits per heavy atom. The molecule has 0 aliphatic heterocycles. The van der Waals surface area contributed by atoms with Crippen molar-refractivity contribution in [2.45, 2.75) is 51.2 Å². The molecule has 2 N–H and O–H groups in total. The van der Waals surface area contributed by atoms with Crippen molar-refractivity contribution < 1.29 is 9.52 Å². The number of nitrogens with one attached hydrogen (secondary N) is 1. The normalized spacial score (nSPS) is 23.8. The summed E-state index contributed by atoms with van der Waals surface area (Å²) in [5.74, 6) is 1.11. The third kappa shape index (κ3) is 2.47. The lowest BCUT2D eigenvalue weighted by molar-refractivity contribution is 0.0520. The zero-order valence-electron chi connectivity index (χ0n) is 10.1. The average Bonchev–Trinajstić information content (AvgIpc) is 2.75. The van der Waals surface area contributed by atoms with Crippen LogP contribution in [0.4, 0.5) is 0 Å². The molecule has 0 bridgehead atoms. The molecule has 1 aliphatic carbocycles. The summed E-state index contributed by atoms with van der Waals surface area (Å²) in [5, 5.41) is 13.4. The number of rotatable bonds is 4. The van der Waals surface area contributed by atoms with Gasteiger partial charge in [0.2, 0.25) is 0 Å². The van der Waals surface area contributed by atoms with E-state index >= 15 is 0 Å². The van der Waals surface area contributed by atoms with Crippen molar-refractivity contribution in [2.75, 3.05) is 6.54 Å². The van der Waals surface area contributed by atoms with Crippen molar-refractivity contribution in [1.82, 2.24) is 5.32 Å². The van der Waals surface area contributed by atoms with Gasteiger partial charge in [-0.2, -0.15) is 0 Å². The Labute approximate surface area is 96.8 Å². The molecule has 0 saturated carbocycles. The van der Waals surface area contributed by atoms with E-state index in [-0.39, 0.29) is 0 Å². The first-order valence-electron chi connectivity index (χ1n) is 6.14. The van der Waals surface area contributed by atoms with Gasteiger partial charge in [-0.1, -0.05) is 6.92 Å². The van der Waals surface area contributed by atoms with Crippen molar-refractivity contribution in [2.24, 2.45) is 0 Å². The molecule has 0 radical (unpaired) electrons.